The van der Waals surface area contributed by atoms with Gasteiger partial charge >= 0.3 is 5.97 Å². The van der Waals surface area contributed by atoms with Crippen molar-refractivity contribution in [2.45, 2.75) is 106 Å². The van der Waals surface area contributed by atoms with Crippen molar-refractivity contribution in [2.75, 3.05) is 6.61 Å². The molecule has 11 unspecified atom stereocenters. The molecule has 0 aromatic carbocycles. The molecule has 4 heteroatoms. The Morgan fingerprint density at radius 3 is 2.50 bits per heavy atom. The summed E-state index contributed by atoms with van der Waals surface area (Å²) in [6.45, 7) is 14.2. The molecule has 0 N–H and O–H groups in total. The number of nitrogens with zero attached hydrogens (tertiary/aromatic N) is 1. The maximum absolute atomic E-state index is 13.2. The molecular formula is C32H49NO3. The van der Waals surface area contributed by atoms with E-state index >= 15 is 0 Å². The zero-order valence-corrected chi connectivity index (χ0v) is 23.6. The SMILES string of the molecule is CCOC(=O)C1(C#N)C2C(=O)CC3CCC4C5CCC(C(C)CCCC(C)C)C5(C)CCC4C3(C)C21. The minimum absolute atomic E-state index is 0.105. The highest BCUT2D eigenvalue weighted by Crippen LogP contribution is 2.78. The number of rotatable bonds is 7. The van der Waals surface area contributed by atoms with E-state index in [1.807, 2.05) is 0 Å². The second-order valence-corrected chi connectivity index (χ2v) is 14.4. The van der Waals surface area contributed by atoms with Crippen molar-refractivity contribution in [3.8, 4) is 6.07 Å². The molecule has 36 heavy (non-hydrogen) atoms. The molecule has 5 rings (SSSR count). The molecule has 5 aliphatic rings. The van der Waals surface area contributed by atoms with E-state index < -0.39 is 17.3 Å². The van der Waals surface area contributed by atoms with Crippen LogP contribution in [0.15, 0.2) is 0 Å². The van der Waals surface area contributed by atoms with Gasteiger partial charge in [0.15, 0.2) is 5.41 Å². The summed E-state index contributed by atoms with van der Waals surface area (Å²) >= 11 is 0. The highest BCUT2D eigenvalue weighted by atomic mass is 16.5. The molecule has 0 heterocycles. The molecule has 0 aromatic rings. The van der Waals surface area contributed by atoms with Crippen LogP contribution >= 0.6 is 0 Å². The average molecular weight is 496 g/mol. The zero-order chi connectivity index (χ0) is 26.0. The van der Waals surface area contributed by atoms with Gasteiger partial charge in [-0.05, 0) is 97.7 Å². The second-order valence-electron chi connectivity index (χ2n) is 14.4. The van der Waals surface area contributed by atoms with Crippen LogP contribution in [-0.2, 0) is 14.3 Å². The first kappa shape index (κ1) is 26.2. The first-order valence-electron chi connectivity index (χ1n) is 15.2. The Morgan fingerprint density at radius 1 is 1.08 bits per heavy atom. The van der Waals surface area contributed by atoms with E-state index in [0.717, 1.165) is 30.1 Å². The molecule has 11 atom stereocenters. The van der Waals surface area contributed by atoms with Crippen LogP contribution in [0.1, 0.15) is 106 Å². The molecule has 5 fully saturated rings. The maximum atomic E-state index is 13.2. The van der Waals surface area contributed by atoms with Gasteiger partial charge in [0.1, 0.15) is 5.78 Å². The Labute approximate surface area is 219 Å². The van der Waals surface area contributed by atoms with Crippen molar-refractivity contribution in [1.29, 1.82) is 5.26 Å². The summed E-state index contributed by atoms with van der Waals surface area (Å²) in [5.41, 5.74) is -0.919. The zero-order valence-electron chi connectivity index (χ0n) is 23.6. The highest BCUT2D eigenvalue weighted by Gasteiger charge is 2.83. The molecule has 0 amide bonds. The minimum atomic E-state index is -1.23. The second kappa shape index (κ2) is 9.13. The van der Waals surface area contributed by atoms with Crippen molar-refractivity contribution < 1.29 is 14.3 Å². The third-order valence-corrected chi connectivity index (χ3v) is 12.6. The predicted octanol–water partition coefficient (Wildman–Crippen LogP) is 7.22. The summed E-state index contributed by atoms with van der Waals surface area (Å²) in [5, 5.41) is 10.3. The molecule has 5 saturated carbocycles. The Hall–Kier alpha value is -1.37. The number of esters is 1. The molecule has 4 nitrogen and oxygen atoms in total. The van der Waals surface area contributed by atoms with Gasteiger partial charge in [-0.2, -0.15) is 5.26 Å². The first-order valence-corrected chi connectivity index (χ1v) is 15.2. The number of nitriles is 1. The van der Waals surface area contributed by atoms with Gasteiger partial charge < -0.3 is 4.74 Å². The van der Waals surface area contributed by atoms with Crippen molar-refractivity contribution in [3.05, 3.63) is 0 Å². The van der Waals surface area contributed by atoms with E-state index in [2.05, 4.69) is 40.7 Å². The van der Waals surface area contributed by atoms with Crippen LogP contribution in [0.3, 0.4) is 0 Å². The van der Waals surface area contributed by atoms with Crippen molar-refractivity contribution in [1.82, 2.24) is 0 Å². The topological polar surface area (TPSA) is 67.2 Å². The van der Waals surface area contributed by atoms with Gasteiger partial charge in [-0.15, -0.1) is 0 Å². The number of ketones is 1. The molecular weight excluding hydrogens is 446 g/mol. The van der Waals surface area contributed by atoms with E-state index in [1.165, 1.54) is 51.4 Å². The standard InChI is InChI=1S/C32H49NO3/c1-7-36-29(35)32(18-33)27-26(34)17-21-11-12-22-24-14-13-23(20(4)10-8-9-19(2)3)30(24,5)16-15-25(22)31(21,6)28(27)32/h19-25,27-28H,7-17H2,1-6H3. The predicted molar refractivity (Wildman–Crippen MR) is 141 cm³/mol. The fourth-order valence-electron chi connectivity index (χ4n) is 11.0. The Bertz CT molecular complexity index is 936. The summed E-state index contributed by atoms with van der Waals surface area (Å²) in [6, 6.07) is 2.37. The summed E-state index contributed by atoms with van der Waals surface area (Å²) in [4.78, 5) is 26.3. The number of carbonyl (C=O) groups excluding carboxylic acids is 2. The van der Waals surface area contributed by atoms with Gasteiger partial charge in [0.25, 0.3) is 0 Å². The smallest absolute Gasteiger partial charge is 0.327 e. The van der Waals surface area contributed by atoms with Crippen LogP contribution in [-0.4, -0.2) is 18.4 Å². The normalized spacial score (nSPS) is 47.7. The molecule has 0 aliphatic heterocycles. The maximum Gasteiger partial charge on any atom is 0.327 e. The Balaban J connectivity index is 1.40. The number of ether oxygens (including phenoxy) is 1. The van der Waals surface area contributed by atoms with Crippen LogP contribution < -0.4 is 0 Å². The quantitative estimate of drug-likeness (QED) is 0.350. The summed E-state index contributed by atoms with van der Waals surface area (Å²) in [6.07, 6.45) is 12.1. The highest BCUT2D eigenvalue weighted by molar-refractivity contribution is 5.99. The molecule has 0 radical (unpaired) electrons. The lowest BCUT2D eigenvalue weighted by atomic mass is 9.44. The van der Waals surface area contributed by atoms with Crippen LogP contribution in [0.4, 0.5) is 0 Å². The summed E-state index contributed by atoms with van der Waals surface area (Å²) in [5.74, 6) is 3.78. The lowest BCUT2D eigenvalue weighted by molar-refractivity contribution is -0.152. The van der Waals surface area contributed by atoms with E-state index in [9.17, 15) is 14.9 Å². The third kappa shape index (κ3) is 3.50. The van der Waals surface area contributed by atoms with Crippen LogP contribution in [0.25, 0.3) is 0 Å². The minimum Gasteiger partial charge on any atom is -0.465 e. The lowest BCUT2D eigenvalue weighted by Crippen LogP contribution is -2.55. The fraction of sp³-hybridized carbons (Fsp3) is 0.906. The number of hydrogen-bond acceptors (Lipinski definition) is 4. The molecule has 0 spiro atoms. The average Bonchev–Trinajstić information content (AvgIpc) is 3.42. The van der Waals surface area contributed by atoms with E-state index in [4.69, 9.17) is 4.74 Å². The largest absolute Gasteiger partial charge is 0.465 e. The monoisotopic (exact) mass is 495 g/mol. The van der Waals surface area contributed by atoms with E-state index in [0.29, 0.717) is 29.6 Å². The van der Waals surface area contributed by atoms with Crippen LogP contribution in [0.5, 0.6) is 0 Å². The van der Waals surface area contributed by atoms with Crippen LogP contribution in [0, 0.1) is 80.8 Å². The van der Waals surface area contributed by atoms with E-state index in [-0.39, 0.29) is 23.7 Å². The van der Waals surface area contributed by atoms with Crippen molar-refractivity contribution in [2.24, 2.45) is 69.5 Å². The Morgan fingerprint density at radius 2 is 1.83 bits per heavy atom. The summed E-state index contributed by atoms with van der Waals surface area (Å²) in [7, 11) is 0. The fourth-order valence-corrected chi connectivity index (χ4v) is 11.0. The van der Waals surface area contributed by atoms with E-state index in [1.54, 1.807) is 6.92 Å². The van der Waals surface area contributed by atoms with Crippen molar-refractivity contribution >= 4 is 11.8 Å². The van der Waals surface area contributed by atoms with Gasteiger partial charge in [-0.25, -0.2) is 0 Å². The third-order valence-electron chi connectivity index (χ3n) is 12.6. The van der Waals surface area contributed by atoms with Crippen molar-refractivity contribution in [3.63, 3.8) is 0 Å². The number of hydrogen-bond donors (Lipinski definition) is 0. The van der Waals surface area contributed by atoms with Gasteiger partial charge in [-0.1, -0.05) is 53.9 Å². The number of Topliss-reactive ketones (excluding diaryl/α,β-unsaturated/α-hetero) is 1. The molecule has 0 saturated heterocycles. The van der Waals surface area contributed by atoms with Gasteiger partial charge in [-0.3, -0.25) is 9.59 Å². The lowest BCUT2D eigenvalue weighted by Gasteiger charge is -2.60. The molecule has 0 aromatic heterocycles. The van der Waals surface area contributed by atoms with Crippen LogP contribution in [0.2, 0.25) is 0 Å². The molecule has 200 valence electrons. The van der Waals surface area contributed by atoms with Gasteiger partial charge in [0.05, 0.1) is 18.6 Å². The van der Waals surface area contributed by atoms with Gasteiger partial charge in [0, 0.05) is 12.3 Å². The first-order chi connectivity index (χ1) is 17.1. The molecule has 5 aliphatic carbocycles. The number of fused-ring (bicyclic) bond motifs is 7. The number of carbonyl (C=O) groups is 2. The van der Waals surface area contributed by atoms with Gasteiger partial charge in [0.2, 0.25) is 0 Å². The Kier molecular flexibility index (Phi) is 6.66. The summed E-state index contributed by atoms with van der Waals surface area (Å²) < 4.78 is 5.42. The molecule has 0 bridgehead atoms.